The van der Waals surface area contributed by atoms with Gasteiger partial charge in [-0.25, -0.2) is 4.98 Å². The molecule has 1 saturated heterocycles. The molecule has 3 aromatic rings. The molecule has 1 fully saturated rings. The van der Waals surface area contributed by atoms with Gasteiger partial charge in [-0.1, -0.05) is 12.1 Å². The Kier molecular flexibility index (Phi) is 4.68. The molecule has 0 spiro atoms. The van der Waals surface area contributed by atoms with Gasteiger partial charge in [0.2, 0.25) is 17.7 Å². The Morgan fingerprint density at radius 3 is 2.44 bits per heavy atom. The normalized spacial score (nSPS) is 14.1. The Balaban J connectivity index is 1.38. The number of carbonyl (C=O) groups is 3. The maximum atomic E-state index is 12.1. The van der Waals surface area contributed by atoms with Crippen molar-refractivity contribution in [2.75, 3.05) is 11.9 Å². The summed E-state index contributed by atoms with van der Waals surface area (Å²) in [5.41, 5.74) is 2.63. The first-order chi connectivity index (χ1) is 13.1. The number of benzene rings is 2. The highest BCUT2D eigenvalue weighted by Crippen LogP contribution is 2.30. The average Bonchev–Trinajstić information content (AvgIpc) is 3.24. The van der Waals surface area contributed by atoms with Gasteiger partial charge in [0.15, 0.2) is 0 Å². The second-order valence-electron chi connectivity index (χ2n) is 6.30. The molecule has 6 nitrogen and oxygen atoms in total. The molecular weight excluding hydrogens is 362 g/mol. The Labute approximate surface area is 159 Å². The second kappa shape index (κ2) is 7.28. The van der Waals surface area contributed by atoms with E-state index in [9.17, 15) is 14.4 Å². The van der Waals surface area contributed by atoms with Crippen LogP contribution in [0.15, 0.2) is 48.5 Å². The van der Waals surface area contributed by atoms with E-state index in [0.29, 0.717) is 5.69 Å². The predicted molar refractivity (Wildman–Crippen MR) is 104 cm³/mol. The maximum absolute atomic E-state index is 12.1. The highest BCUT2D eigenvalue weighted by molar-refractivity contribution is 7.21. The molecule has 27 heavy (non-hydrogen) atoms. The summed E-state index contributed by atoms with van der Waals surface area (Å²) >= 11 is 1.62. The zero-order chi connectivity index (χ0) is 18.8. The standard InChI is InChI=1S/C20H17N3O3S/c24-17(11-12-23-18(25)9-10-19(23)26)21-14-7-5-13(6-8-14)20-22-15-3-1-2-4-16(15)27-20/h1-8H,9-12H2,(H,21,24). The largest absolute Gasteiger partial charge is 0.326 e. The lowest BCUT2D eigenvalue weighted by molar-refractivity contribution is -0.138. The number of nitrogens with one attached hydrogen (secondary N) is 1. The average molecular weight is 379 g/mol. The van der Waals surface area contributed by atoms with Gasteiger partial charge in [-0.05, 0) is 36.4 Å². The summed E-state index contributed by atoms with van der Waals surface area (Å²) in [6, 6.07) is 15.5. The monoisotopic (exact) mass is 379 g/mol. The summed E-state index contributed by atoms with van der Waals surface area (Å²) in [6.07, 6.45) is 0.582. The van der Waals surface area contributed by atoms with Gasteiger partial charge in [0.1, 0.15) is 5.01 Å². The number of rotatable bonds is 5. The zero-order valence-corrected chi connectivity index (χ0v) is 15.3. The van der Waals surface area contributed by atoms with Crippen molar-refractivity contribution in [3.05, 3.63) is 48.5 Å². The number of hydrogen-bond donors (Lipinski definition) is 1. The van der Waals surface area contributed by atoms with Crippen LogP contribution in [0, 0.1) is 0 Å². The first-order valence-electron chi connectivity index (χ1n) is 8.69. The second-order valence-corrected chi connectivity index (χ2v) is 7.33. The van der Waals surface area contributed by atoms with E-state index in [-0.39, 0.29) is 43.5 Å². The lowest BCUT2D eigenvalue weighted by atomic mass is 10.2. The van der Waals surface area contributed by atoms with Crippen molar-refractivity contribution in [3.8, 4) is 10.6 Å². The number of aromatic nitrogens is 1. The van der Waals surface area contributed by atoms with Crippen LogP contribution in [0.4, 0.5) is 5.69 Å². The minimum absolute atomic E-state index is 0.0943. The lowest BCUT2D eigenvalue weighted by Crippen LogP contribution is -2.32. The van der Waals surface area contributed by atoms with E-state index in [0.717, 1.165) is 25.7 Å². The number of imide groups is 1. The molecule has 1 N–H and O–H groups in total. The van der Waals surface area contributed by atoms with Crippen molar-refractivity contribution in [1.82, 2.24) is 9.88 Å². The Morgan fingerprint density at radius 1 is 1.04 bits per heavy atom. The Bertz CT molecular complexity index is 977. The van der Waals surface area contributed by atoms with Crippen LogP contribution < -0.4 is 5.32 Å². The molecule has 0 saturated carbocycles. The number of fused-ring (bicyclic) bond motifs is 1. The van der Waals surface area contributed by atoms with E-state index >= 15 is 0 Å². The van der Waals surface area contributed by atoms with Crippen molar-refractivity contribution in [1.29, 1.82) is 0 Å². The Morgan fingerprint density at radius 2 is 1.74 bits per heavy atom. The van der Waals surface area contributed by atoms with E-state index in [1.165, 1.54) is 0 Å². The van der Waals surface area contributed by atoms with Crippen LogP contribution >= 0.6 is 11.3 Å². The summed E-state index contributed by atoms with van der Waals surface area (Å²) in [5.74, 6) is -0.629. The van der Waals surface area contributed by atoms with Crippen molar-refractivity contribution in [2.45, 2.75) is 19.3 Å². The number of amides is 3. The van der Waals surface area contributed by atoms with Crippen LogP contribution in [-0.4, -0.2) is 34.2 Å². The number of hydrogen-bond acceptors (Lipinski definition) is 5. The third kappa shape index (κ3) is 3.73. The van der Waals surface area contributed by atoms with Crippen LogP contribution in [0.25, 0.3) is 20.8 Å². The number of nitrogens with zero attached hydrogens (tertiary/aromatic N) is 2. The smallest absolute Gasteiger partial charge is 0.229 e. The number of likely N-dealkylation sites (tertiary alicyclic amines) is 1. The summed E-state index contributed by atoms with van der Waals surface area (Å²) in [6.45, 7) is 0.132. The van der Waals surface area contributed by atoms with Crippen LogP contribution in [0.5, 0.6) is 0 Å². The van der Waals surface area contributed by atoms with E-state index in [1.807, 2.05) is 48.5 Å². The van der Waals surface area contributed by atoms with E-state index < -0.39 is 0 Å². The van der Waals surface area contributed by atoms with Gasteiger partial charge < -0.3 is 5.32 Å². The molecule has 0 aliphatic carbocycles. The summed E-state index contributed by atoms with van der Waals surface area (Å²) in [5, 5.41) is 3.73. The first-order valence-corrected chi connectivity index (χ1v) is 9.51. The van der Waals surface area contributed by atoms with Gasteiger partial charge >= 0.3 is 0 Å². The fraction of sp³-hybridized carbons (Fsp3) is 0.200. The fourth-order valence-electron chi connectivity index (χ4n) is 3.00. The predicted octanol–water partition coefficient (Wildman–Crippen LogP) is 3.44. The molecule has 1 aliphatic heterocycles. The molecular formula is C20H17N3O3S. The first kappa shape index (κ1) is 17.4. The summed E-state index contributed by atoms with van der Waals surface area (Å²) < 4.78 is 1.14. The molecule has 1 aliphatic rings. The minimum atomic E-state index is -0.227. The molecule has 136 valence electrons. The van der Waals surface area contributed by atoms with Gasteiger partial charge in [0.25, 0.3) is 0 Å². The molecule has 0 unspecified atom stereocenters. The molecule has 7 heteroatoms. The number of para-hydroxylation sites is 1. The molecule has 2 aromatic carbocycles. The van der Waals surface area contributed by atoms with Gasteiger partial charge in [-0.3, -0.25) is 19.3 Å². The molecule has 0 bridgehead atoms. The topological polar surface area (TPSA) is 79.4 Å². The van der Waals surface area contributed by atoms with Gasteiger partial charge in [-0.15, -0.1) is 11.3 Å². The molecule has 1 aromatic heterocycles. The third-order valence-electron chi connectivity index (χ3n) is 4.43. The number of carbonyl (C=O) groups excluding carboxylic acids is 3. The molecule has 0 radical (unpaired) electrons. The fourth-order valence-corrected chi connectivity index (χ4v) is 3.97. The van der Waals surface area contributed by atoms with E-state index in [4.69, 9.17) is 0 Å². The number of thiazole rings is 1. The quantitative estimate of drug-likeness (QED) is 0.689. The number of anilines is 1. The Hall–Kier alpha value is -3.06. The summed E-state index contributed by atoms with van der Waals surface area (Å²) in [7, 11) is 0. The van der Waals surface area contributed by atoms with Crippen LogP contribution in [-0.2, 0) is 14.4 Å². The summed E-state index contributed by atoms with van der Waals surface area (Å²) in [4.78, 5) is 41.0. The zero-order valence-electron chi connectivity index (χ0n) is 14.5. The third-order valence-corrected chi connectivity index (χ3v) is 5.51. The minimum Gasteiger partial charge on any atom is -0.326 e. The van der Waals surface area contributed by atoms with E-state index in [1.54, 1.807) is 11.3 Å². The molecule has 3 amide bonds. The maximum Gasteiger partial charge on any atom is 0.229 e. The van der Waals surface area contributed by atoms with Gasteiger partial charge in [0, 0.05) is 37.1 Å². The van der Waals surface area contributed by atoms with Crippen LogP contribution in [0.3, 0.4) is 0 Å². The molecule has 4 rings (SSSR count). The van der Waals surface area contributed by atoms with E-state index in [2.05, 4.69) is 10.3 Å². The van der Waals surface area contributed by atoms with Crippen LogP contribution in [0.2, 0.25) is 0 Å². The highest BCUT2D eigenvalue weighted by Gasteiger charge is 2.28. The van der Waals surface area contributed by atoms with Crippen LogP contribution in [0.1, 0.15) is 19.3 Å². The molecule has 2 heterocycles. The van der Waals surface area contributed by atoms with Gasteiger partial charge in [-0.2, -0.15) is 0 Å². The highest BCUT2D eigenvalue weighted by atomic mass is 32.1. The van der Waals surface area contributed by atoms with Crippen molar-refractivity contribution < 1.29 is 14.4 Å². The lowest BCUT2D eigenvalue weighted by Gasteiger charge is -2.13. The van der Waals surface area contributed by atoms with Crippen molar-refractivity contribution in [2.24, 2.45) is 0 Å². The molecule has 0 atom stereocenters. The van der Waals surface area contributed by atoms with Crippen molar-refractivity contribution >= 4 is 45.0 Å². The SMILES string of the molecule is O=C(CCN1C(=O)CCC1=O)Nc1ccc(-c2nc3ccccc3s2)cc1. The van der Waals surface area contributed by atoms with Crippen molar-refractivity contribution in [3.63, 3.8) is 0 Å². The van der Waals surface area contributed by atoms with Gasteiger partial charge in [0.05, 0.1) is 10.2 Å².